The third kappa shape index (κ3) is 3.59. The number of aliphatic hydroxyl groups excluding tert-OH is 1. The van der Waals surface area contributed by atoms with Crippen LogP contribution in [0.4, 0.5) is 0 Å². The van der Waals surface area contributed by atoms with Crippen molar-refractivity contribution in [2.24, 2.45) is 5.41 Å². The first kappa shape index (κ1) is 20.5. The Hall–Kier alpha value is -3.44. The van der Waals surface area contributed by atoms with Crippen LogP contribution in [0.5, 0.6) is 0 Å². The third-order valence-corrected chi connectivity index (χ3v) is 6.32. The Kier molecular flexibility index (Phi) is 5.06. The summed E-state index contributed by atoms with van der Waals surface area (Å²) in [5.41, 5.74) is 1.58. The van der Waals surface area contributed by atoms with Crippen LogP contribution in [0.25, 0.3) is 5.82 Å². The standard InChI is InChI=1S/C21H23N7O4/c1-14-9-21(20(31)28(14)16-8-19(30)32-12-16)4-6-26(7-5-21)11-17(29)15-2-3-18(22-10-15)27-13-23-24-25-27/h2-3,8-10,13,17,29H,4-7,11-12H2,1H3/t17-/m0/s1. The van der Waals surface area contributed by atoms with Gasteiger partial charge in [0.1, 0.15) is 12.9 Å². The maximum absolute atomic E-state index is 13.2. The molecule has 0 unspecified atom stereocenters. The van der Waals surface area contributed by atoms with Gasteiger partial charge >= 0.3 is 5.97 Å². The number of hydrogen-bond donors (Lipinski definition) is 1. The number of amides is 1. The van der Waals surface area contributed by atoms with E-state index in [1.54, 1.807) is 17.2 Å². The number of carbonyl (C=O) groups excluding carboxylic acids is 2. The number of likely N-dealkylation sites (tertiary alicyclic amines) is 1. The van der Waals surface area contributed by atoms with Crippen LogP contribution in [-0.2, 0) is 14.3 Å². The Morgan fingerprint density at radius 3 is 2.69 bits per heavy atom. The smallest absolute Gasteiger partial charge is 0.333 e. The molecule has 1 N–H and O–H groups in total. The number of pyridine rings is 1. The van der Waals surface area contributed by atoms with Crippen molar-refractivity contribution in [3.8, 4) is 5.82 Å². The lowest BCUT2D eigenvalue weighted by atomic mass is 9.78. The lowest BCUT2D eigenvalue weighted by Gasteiger charge is -2.38. The second kappa shape index (κ2) is 7.92. The summed E-state index contributed by atoms with van der Waals surface area (Å²) in [5.74, 6) is 0.162. The highest BCUT2D eigenvalue weighted by atomic mass is 16.5. The van der Waals surface area contributed by atoms with Crippen LogP contribution in [0.3, 0.4) is 0 Å². The van der Waals surface area contributed by atoms with E-state index in [4.69, 9.17) is 4.74 Å². The van der Waals surface area contributed by atoms with Gasteiger partial charge in [-0.3, -0.25) is 9.69 Å². The van der Waals surface area contributed by atoms with Gasteiger partial charge in [0.15, 0.2) is 5.82 Å². The molecule has 0 aromatic carbocycles. The molecule has 5 rings (SSSR count). The molecular weight excluding hydrogens is 414 g/mol. The van der Waals surface area contributed by atoms with Crippen LogP contribution in [0, 0.1) is 5.41 Å². The number of aromatic nitrogens is 5. The van der Waals surface area contributed by atoms with E-state index >= 15 is 0 Å². The Bertz CT molecular complexity index is 1090. The van der Waals surface area contributed by atoms with Gasteiger partial charge in [0, 0.05) is 30.1 Å². The Morgan fingerprint density at radius 1 is 1.25 bits per heavy atom. The van der Waals surface area contributed by atoms with Crippen molar-refractivity contribution in [2.75, 3.05) is 26.2 Å². The van der Waals surface area contributed by atoms with Gasteiger partial charge in [0.25, 0.3) is 0 Å². The molecule has 0 radical (unpaired) electrons. The lowest BCUT2D eigenvalue weighted by Crippen LogP contribution is -2.46. The molecule has 1 fully saturated rings. The molecule has 1 saturated heterocycles. The van der Waals surface area contributed by atoms with E-state index in [0.29, 0.717) is 49.6 Å². The minimum Gasteiger partial charge on any atom is -0.456 e. The predicted octanol–water partition coefficient (Wildman–Crippen LogP) is 0.360. The van der Waals surface area contributed by atoms with Crippen LogP contribution in [-0.4, -0.2) is 78.2 Å². The second-order valence-corrected chi connectivity index (χ2v) is 8.35. The number of carbonyl (C=O) groups is 2. The van der Waals surface area contributed by atoms with Crippen LogP contribution < -0.4 is 0 Å². The van der Waals surface area contributed by atoms with Crippen molar-refractivity contribution < 1.29 is 19.4 Å². The van der Waals surface area contributed by atoms with Gasteiger partial charge in [-0.1, -0.05) is 6.07 Å². The number of cyclic esters (lactones) is 1. The molecular formula is C21H23N7O4. The van der Waals surface area contributed by atoms with Gasteiger partial charge in [0.2, 0.25) is 5.91 Å². The zero-order valence-corrected chi connectivity index (χ0v) is 17.6. The highest BCUT2D eigenvalue weighted by Gasteiger charge is 2.48. The summed E-state index contributed by atoms with van der Waals surface area (Å²) in [5, 5.41) is 21.7. The Labute approximate surface area is 184 Å². The number of allylic oxidation sites excluding steroid dienone is 1. The van der Waals surface area contributed by atoms with E-state index in [0.717, 1.165) is 5.70 Å². The summed E-state index contributed by atoms with van der Waals surface area (Å²) in [6.07, 6.45) is 7.11. The summed E-state index contributed by atoms with van der Waals surface area (Å²) in [6, 6.07) is 3.56. The number of ether oxygens (including phenoxy) is 1. The van der Waals surface area contributed by atoms with E-state index in [-0.39, 0.29) is 12.5 Å². The van der Waals surface area contributed by atoms with E-state index in [9.17, 15) is 14.7 Å². The number of rotatable bonds is 5. The number of β-amino-alcohol motifs (C(OH)–C–C–N with tert-alkyl or cyclic N) is 1. The van der Waals surface area contributed by atoms with Crippen molar-refractivity contribution in [1.29, 1.82) is 0 Å². The molecule has 32 heavy (non-hydrogen) atoms. The van der Waals surface area contributed by atoms with Crippen LogP contribution in [0.2, 0.25) is 0 Å². The second-order valence-electron chi connectivity index (χ2n) is 8.35. The van der Waals surface area contributed by atoms with Gasteiger partial charge in [0.05, 0.1) is 17.2 Å². The third-order valence-electron chi connectivity index (χ3n) is 6.32. The molecule has 166 valence electrons. The first-order valence-electron chi connectivity index (χ1n) is 10.5. The van der Waals surface area contributed by atoms with E-state index in [1.807, 2.05) is 19.1 Å². The zero-order valence-electron chi connectivity index (χ0n) is 17.6. The van der Waals surface area contributed by atoms with Gasteiger partial charge in [-0.2, -0.15) is 4.68 Å². The monoisotopic (exact) mass is 437 g/mol. The molecule has 2 aromatic heterocycles. The highest BCUT2D eigenvalue weighted by Crippen LogP contribution is 2.43. The van der Waals surface area contributed by atoms with Crippen molar-refractivity contribution in [1.82, 2.24) is 35.0 Å². The average Bonchev–Trinajstić information content (AvgIpc) is 3.52. The molecule has 11 nitrogen and oxygen atoms in total. The molecule has 11 heteroatoms. The van der Waals surface area contributed by atoms with Crippen molar-refractivity contribution in [3.05, 3.63) is 53.8 Å². The largest absolute Gasteiger partial charge is 0.456 e. The van der Waals surface area contributed by atoms with Crippen LogP contribution in [0.1, 0.15) is 31.4 Å². The normalized spacial score (nSPS) is 21.6. The summed E-state index contributed by atoms with van der Waals surface area (Å²) in [6.45, 7) is 3.84. The minimum absolute atomic E-state index is 0.00198. The van der Waals surface area contributed by atoms with Gasteiger partial charge in [-0.05, 0) is 55.4 Å². The minimum atomic E-state index is -0.695. The van der Waals surface area contributed by atoms with Crippen LogP contribution in [0.15, 0.2) is 48.2 Å². The molecule has 1 spiro atoms. The Morgan fingerprint density at radius 2 is 2.06 bits per heavy atom. The van der Waals surface area contributed by atoms with Crippen molar-refractivity contribution >= 4 is 11.9 Å². The number of aliphatic hydroxyl groups is 1. The maximum atomic E-state index is 13.2. The number of nitrogens with zero attached hydrogens (tertiary/aromatic N) is 7. The molecule has 0 saturated carbocycles. The average molecular weight is 437 g/mol. The van der Waals surface area contributed by atoms with E-state index in [2.05, 4.69) is 25.4 Å². The lowest BCUT2D eigenvalue weighted by molar-refractivity contribution is -0.138. The summed E-state index contributed by atoms with van der Waals surface area (Å²) in [4.78, 5) is 32.8. The SMILES string of the molecule is CC1=CC2(CCN(C[C@H](O)c3ccc(-n4cnnn4)nc3)CC2)C(=O)N1C1=CC(=O)OC1. The molecule has 0 bridgehead atoms. The number of hydrogen-bond acceptors (Lipinski definition) is 9. The molecule has 5 heterocycles. The molecule has 2 aromatic rings. The van der Waals surface area contributed by atoms with Crippen LogP contribution >= 0.6 is 0 Å². The molecule has 1 atom stereocenters. The topological polar surface area (TPSA) is 127 Å². The zero-order chi connectivity index (χ0) is 22.3. The van der Waals surface area contributed by atoms with Crippen molar-refractivity contribution in [3.63, 3.8) is 0 Å². The maximum Gasteiger partial charge on any atom is 0.333 e. The van der Waals surface area contributed by atoms with E-state index in [1.165, 1.54) is 17.1 Å². The Balaban J connectivity index is 1.20. The van der Waals surface area contributed by atoms with Gasteiger partial charge in [-0.25, -0.2) is 9.78 Å². The fourth-order valence-corrected chi connectivity index (χ4v) is 4.60. The number of piperidine rings is 1. The summed E-state index contributed by atoms with van der Waals surface area (Å²) in [7, 11) is 0. The fourth-order valence-electron chi connectivity index (χ4n) is 4.60. The molecule has 3 aliphatic rings. The fraction of sp³-hybridized carbons (Fsp3) is 0.429. The van der Waals surface area contributed by atoms with Gasteiger partial charge in [-0.15, -0.1) is 5.10 Å². The quantitative estimate of drug-likeness (QED) is 0.660. The predicted molar refractivity (Wildman–Crippen MR) is 110 cm³/mol. The van der Waals surface area contributed by atoms with Crippen molar-refractivity contribution in [2.45, 2.75) is 25.9 Å². The number of esters is 1. The first-order valence-corrected chi connectivity index (χ1v) is 10.5. The summed E-state index contributed by atoms with van der Waals surface area (Å²) < 4.78 is 6.42. The highest BCUT2D eigenvalue weighted by molar-refractivity contribution is 5.93. The molecule has 1 amide bonds. The first-order chi connectivity index (χ1) is 15.4. The molecule has 0 aliphatic carbocycles. The molecule has 3 aliphatic heterocycles. The summed E-state index contributed by atoms with van der Waals surface area (Å²) >= 11 is 0. The number of tetrazole rings is 1. The van der Waals surface area contributed by atoms with E-state index < -0.39 is 17.5 Å². The van der Waals surface area contributed by atoms with Gasteiger partial charge < -0.3 is 14.7 Å².